The van der Waals surface area contributed by atoms with Gasteiger partial charge < -0.3 is 20.3 Å². The Morgan fingerprint density at radius 1 is 1.17 bits per heavy atom. The van der Waals surface area contributed by atoms with Crippen LogP contribution in [0.1, 0.15) is 37.8 Å². The molecule has 0 radical (unpaired) electrons. The lowest BCUT2D eigenvalue weighted by molar-refractivity contribution is 0.404. The number of ether oxygens (including phenoxy) is 1. The fraction of sp³-hybridized carbons (Fsp3) is 0.423. The third kappa shape index (κ3) is 4.52. The lowest BCUT2D eigenvalue weighted by Crippen LogP contribution is -2.49. The first kappa shape index (κ1) is 22.2. The number of benzene rings is 1. The minimum absolute atomic E-state index is 0.0434. The predicted octanol–water partition coefficient (Wildman–Crippen LogP) is 4.47. The smallest absolute Gasteiger partial charge is 0.326 e. The van der Waals surface area contributed by atoms with E-state index in [1.807, 2.05) is 13.0 Å². The van der Waals surface area contributed by atoms with Crippen molar-refractivity contribution in [2.75, 3.05) is 36.4 Å². The molecule has 7 nitrogen and oxygen atoms in total. The Balaban J connectivity index is 1.33. The Morgan fingerprint density at radius 2 is 2.03 bits per heavy atom. The first-order chi connectivity index (χ1) is 16.9. The van der Waals surface area contributed by atoms with Crippen molar-refractivity contribution in [2.45, 2.75) is 39.2 Å². The van der Waals surface area contributed by atoms with Crippen LogP contribution in [0.15, 0.2) is 34.3 Å². The standard InChI is InChI=1S/C26H28F2N6O/c1-14-7-18-19(8-14)25(28)21(10-20(18)27)35-26-32-23(31-22-9-17(12-30-22)16-3-4-16)11-24(33-26)34-6-5-29-15(2)13-34/h8-11,15-16,29H,3-7,12-13H2,1-2H3,(H,30,31,32,33). The zero-order valence-electron chi connectivity index (χ0n) is 19.9. The van der Waals surface area contributed by atoms with Crippen LogP contribution in [0.3, 0.4) is 0 Å². The number of anilines is 2. The zero-order chi connectivity index (χ0) is 24.1. The summed E-state index contributed by atoms with van der Waals surface area (Å²) in [5, 5.41) is 6.68. The molecule has 2 aliphatic carbocycles. The minimum Gasteiger partial charge on any atom is -0.421 e. The van der Waals surface area contributed by atoms with Gasteiger partial charge in [0.05, 0.1) is 6.54 Å². The summed E-state index contributed by atoms with van der Waals surface area (Å²) in [5.41, 5.74) is 2.84. The maximum Gasteiger partial charge on any atom is 0.326 e. The molecule has 1 aromatic carbocycles. The molecule has 182 valence electrons. The highest BCUT2D eigenvalue weighted by molar-refractivity contribution is 6.05. The molecule has 35 heavy (non-hydrogen) atoms. The maximum atomic E-state index is 15.2. The molecule has 0 spiro atoms. The van der Waals surface area contributed by atoms with Crippen LogP contribution in [0.4, 0.5) is 20.4 Å². The number of nitrogens with one attached hydrogen (secondary N) is 2. The molecule has 2 aromatic rings. The van der Waals surface area contributed by atoms with Gasteiger partial charge in [-0.15, -0.1) is 0 Å². The van der Waals surface area contributed by atoms with E-state index < -0.39 is 11.6 Å². The Hall–Kier alpha value is -3.33. The monoisotopic (exact) mass is 478 g/mol. The summed E-state index contributed by atoms with van der Waals surface area (Å²) in [6.07, 6.45) is 6.59. The zero-order valence-corrected chi connectivity index (χ0v) is 19.9. The van der Waals surface area contributed by atoms with Crippen molar-refractivity contribution in [2.24, 2.45) is 10.9 Å². The summed E-state index contributed by atoms with van der Waals surface area (Å²) in [5.74, 6) is 1.23. The topological polar surface area (TPSA) is 74.7 Å². The van der Waals surface area contributed by atoms with Crippen LogP contribution in [0.5, 0.6) is 11.8 Å². The molecule has 1 unspecified atom stereocenters. The van der Waals surface area contributed by atoms with Crippen LogP contribution >= 0.6 is 0 Å². The van der Waals surface area contributed by atoms with E-state index >= 15 is 4.39 Å². The average Bonchev–Trinajstić information content (AvgIpc) is 3.45. The molecule has 1 saturated heterocycles. The molecule has 4 aliphatic rings. The highest BCUT2D eigenvalue weighted by atomic mass is 19.1. The molecule has 2 N–H and O–H groups in total. The van der Waals surface area contributed by atoms with Gasteiger partial charge in [-0.2, -0.15) is 9.97 Å². The quantitative estimate of drug-likeness (QED) is 0.661. The fourth-order valence-electron chi connectivity index (χ4n) is 4.91. The van der Waals surface area contributed by atoms with Gasteiger partial charge in [-0.1, -0.05) is 11.6 Å². The van der Waals surface area contributed by atoms with E-state index in [-0.39, 0.29) is 17.3 Å². The number of halogens is 2. The van der Waals surface area contributed by atoms with E-state index in [0.717, 1.165) is 37.1 Å². The molecule has 3 heterocycles. The first-order valence-corrected chi connectivity index (χ1v) is 12.2. The number of rotatable bonds is 5. The molecule has 2 aliphatic heterocycles. The van der Waals surface area contributed by atoms with Crippen LogP contribution in [-0.4, -0.2) is 48.0 Å². The molecule has 1 atom stereocenters. The largest absolute Gasteiger partial charge is 0.421 e. The predicted molar refractivity (Wildman–Crippen MR) is 132 cm³/mol. The molecular weight excluding hydrogens is 450 g/mol. The number of aromatic nitrogens is 2. The van der Waals surface area contributed by atoms with Crippen molar-refractivity contribution in [1.29, 1.82) is 0 Å². The summed E-state index contributed by atoms with van der Waals surface area (Å²) >= 11 is 0. The Bertz CT molecular complexity index is 1280. The maximum absolute atomic E-state index is 15.2. The Labute approximate surface area is 203 Å². The summed E-state index contributed by atoms with van der Waals surface area (Å²) in [6, 6.07) is 3.18. The van der Waals surface area contributed by atoms with Gasteiger partial charge in [0, 0.05) is 48.9 Å². The molecule has 1 aromatic heterocycles. The number of aliphatic imine (C=N–C) groups is 1. The lowest BCUT2D eigenvalue weighted by Gasteiger charge is -2.32. The number of nitrogens with zero attached hydrogens (tertiary/aromatic N) is 4. The highest BCUT2D eigenvalue weighted by Crippen LogP contribution is 2.38. The van der Waals surface area contributed by atoms with Crippen molar-refractivity contribution in [3.05, 3.63) is 52.1 Å². The van der Waals surface area contributed by atoms with Crippen LogP contribution in [0.25, 0.3) is 6.08 Å². The normalized spacial score (nSPS) is 21.4. The molecule has 9 heteroatoms. The number of amidine groups is 1. The van der Waals surface area contributed by atoms with Crippen LogP contribution in [0, 0.1) is 17.6 Å². The first-order valence-electron chi connectivity index (χ1n) is 12.2. The Morgan fingerprint density at radius 3 is 2.83 bits per heavy atom. The van der Waals surface area contributed by atoms with Crippen LogP contribution in [0.2, 0.25) is 0 Å². The van der Waals surface area contributed by atoms with Gasteiger partial charge >= 0.3 is 6.01 Å². The van der Waals surface area contributed by atoms with Crippen molar-refractivity contribution in [3.63, 3.8) is 0 Å². The summed E-state index contributed by atoms with van der Waals surface area (Å²) in [4.78, 5) is 15.7. The van der Waals surface area contributed by atoms with Crippen molar-refractivity contribution < 1.29 is 13.5 Å². The summed E-state index contributed by atoms with van der Waals surface area (Å²) < 4.78 is 35.7. The SMILES string of the molecule is CC1=Cc2c(F)c(Oc3nc(NC4=NCC(C5CC5)=C4)cc(N4CCNC(C)C4)n3)cc(F)c2C1. The summed E-state index contributed by atoms with van der Waals surface area (Å²) in [7, 11) is 0. The molecule has 0 amide bonds. The van der Waals surface area contributed by atoms with Crippen LogP contribution < -0.4 is 20.3 Å². The second-order valence-electron chi connectivity index (χ2n) is 9.85. The molecule has 6 rings (SSSR count). The molecular formula is C26H28F2N6O. The minimum atomic E-state index is -0.602. The number of hydrogen-bond acceptors (Lipinski definition) is 7. The van der Waals surface area contributed by atoms with E-state index in [0.29, 0.717) is 42.1 Å². The van der Waals surface area contributed by atoms with Crippen molar-refractivity contribution >= 4 is 23.5 Å². The van der Waals surface area contributed by atoms with Gasteiger partial charge in [0.1, 0.15) is 23.3 Å². The molecule has 0 bridgehead atoms. The molecule has 2 fully saturated rings. The van der Waals surface area contributed by atoms with Crippen molar-refractivity contribution in [1.82, 2.24) is 15.3 Å². The third-order valence-electron chi connectivity index (χ3n) is 6.87. The van der Waals surface area contributed by atoms with Gasteiger partial charge in [-0.05, 0) is 50.7 Å². The lowest BCUT2D eigenvalue weighted by atomic mass is 10.1. The van der Waals surface area contributed by atoms with Gasteiger partial charge in [0.15, 0.2) is 11.6 Å². The van der Waals surface area contributed by atoms with E-state index in [1.54, 1.807) is 6.08 Å². The third-order valence-corrected chi connectivity index (χ3v) is 6.87. The second kappa shape index (κ2) is 8.71. The number of fused-ring (bicyclic) bond motifs is 1. The van der Waals surface area contributed by atoms with Crippen LogP contribution in [-0.2, 0) is 6.42 Å². The van der Waals surface area contributed by atoms with E-state index in [9.17, 15) is 4.39 Å². The van der Waals surface area contributed by atoms with Gasteiger partial charge in [0.2, 0.25) is 0 Å². The Kier molecular flexibility index (Phi) is 5.51. The fourth-order valence-corrected chi connectivity index (χ4v) is 4.91. The second-order valence-corrected chi connectivity index (χ2v) is 9.85. The number of allylic oxidation sites excluding steroid dienone is 1. The van der Waals surface area contributed by atoms with Gasteiger partial charge in [-0.25, -0.2) is 8.78 Å². The summed E-state index contributed by atoms with van der Waals surface area (Å²) in [6.45, 7) is 7.01. The van der Waals surface area contributed by atoms with E-state index in [1.165, 1.54) is 18.4 Å². The average molecular weight is 479 g/mol. The van der Waals surface area contributed by atoms with Crippen molar-refractivity contribution in [3.8, 4) is 11.8 Å². The number of piperazine rings is 1. The number of hydrogen-bond donors (Lipinski definition) is 2. The van der Waals surface area contributed by atoms with Gasteiger partial charge in [-0.3, -0.25) is 4.99 Å². The highest BCUT2D eigenvalue weighted by Gasteiger charge is 2.28. The van der Waals surface area contributed by atoms with E-state index in [4.69, 9.17) is 4.74 Å². The van der Waals surface area contributed by atoms with E-state index in [2.05, 4.69) is 43.5 Å². The molecule has 1 saturated carbocycles. The van der Waals surface area contributed by atoms with Gasteiger partial charge in [0.25, 0.3) is 0 Å².